The summed E-state index contributed by atoms with van der Waals surface area (Å²) in [6.07, 6.45) is 9.61. The Morgan fingerprint density at radius 1 is 0.750 bits per heavy atom. The van der Waals surface area contributed by atoms with Crippen molar-refractivity contribution in [1.82, 2.24) is 0 Å². The standard InChI is InChI=1S/C19H25F3.2CH4.2H2/c1-12-2-4-13(5-3-12)14-6-8-15(9-7-14)16-10-17(20)19(22)18(21)11-16;;;;/h10-15H,2-9H2,1H3;2*1H4;2*1H. The lowest BCUT2D eigenvalue weighted by molar-refractivity contribution is 0.165. The first-order valence-corrected chi connectivity index (χ1v) is 8.69. The smallest absolute Gasteiger partial charge is 0.194 e. The predicted molar refractivity (Wildman–Crippen MR) is 99.8 cm³/mol. The Morgan fingerprint density at radius 2 is 1.17 bits per heavy atom. The van der Waals surface area contributed by atoms with Crippen molar-refractivity contribution in [1.29, 1.82) is 0 Å². The maximum absolute atomic E-state index is 13.4. The number of rotatable bonds is 2. The van der Waals surface area contributed by atoms with Crippen LogP contribution in [0.2, 0.25) is 0 Å². The van der Waals surface area contributed by atoms with Gasteiger partial charge >= 0.3 is 0 Å². The summed E-state index contributed by atoms with van der Waals surface area (Å²) in [6, 6.07) is 2.37. The van der Waals surface area contributed by atoms with Crippen LogP contribution in [0.5, 0.6) is 0 Å². The molecule has 2 fully saturated rings. The molecule has 0 radical (unpaired) electrons. The molecule has 1 aromatic carbocycles. The number of halogens is 3. The highest BCUT2D eigenvalue weighted by atomic mass is 19.2. The van der Waals surface area contributed by atoms with E-state index in [4.69, 9.17) is 0 Å². The number of hydrogen-bond donors (Lipinski definition) is 0. The van der Waals surface area contributed by atoms with Gasteiger partial charge in [-0.2, -0.15) is 0 Å². The molecule has 0 atom stereocenters. The molecule has 0 aromatic heterocycles. The Hall–Kier alpha value is -0.990. The highest BCUT2D eigenvalue weighted by Gasteiger charge is 2.30. The summed E-state index contributed by atoms with van der Waals surface area (Å²) < 4.78 is 39.8. The zero-order valence-electron chi connectivity index (χ0n) is 13.3. The van der Waals surface area contributed by atoms with Crippen molar-refractivity contribution in [3.05, 3.63) is 35.1 Å². The van der Waals surface area contributed by atoms with Crippen molar-refractivity contribution in [3.8, 4) is 0 Å². The molecule has 2 aliphatic rings. The van der Waals surface area contributed by atoms with Crippen LogP contribution in [0.3, 0.4) is 0 Å². The number of benzene rings is 1. The largest absolute Gasteiger partial charge is 0.204 e. The van der Waals surface area contributed by atoms with Gasteiger partial charge in [0, 0.05) is 2.85 Å². The third kappa shape index (κ3) is 4.55. The first-order chi connectivity index (χ1) is 10.5. The summed E-state index contributed by atoms with van der Waals surface area (Å²) in [5.41, 5.74) is 0.632. The van der Waals surface area contributed by atoms with Gasteiger partial charge in [0.2, 0.25) is 0 Å². The van der Waals surface area contributed by atoms with E-state index < -0.39 is 17.5 Å². The SMILES string of the molecule is C.C.CC1CCC(C2CCC(c3cc(F)c(F)c(F)c3)CC2)CC1.[HH].[HH]. The minimum absolute atomic E-state index is 0. The van der Waals surface area contributed by atoms with Gasteiger partial charge in [0.15, 0.2) is 17.5 Å². The van der Waals surface area contributed by atoms with E-state index in [1.54, 1.807) is 0 Å². The van der Waals surface area contributed by atoms with Gasteiger partial charge in [0.1, 0.15) is 0 Å². The molecule has 0 N–H and O–H groups in total. The molecule has 24 heavy (non-hydrogen) atoms. The lowest BCUT2D eigenvalue weighted by atomic mass is 9.68. The Morgan fingerprint density at radius 3 is 1.62 bits per heavy atom. The Kier molecular flexibility index (Phi) is 7.82. The fraction of sp³-hybridized carbons (Fsp3) is 0.714. The van der Waals surface area contributed by atoms with Crippen molar-refractivity contribution in [2.24, 2.45) is 17.8 Å². The molecule has 0 spiro atoms. The average Bonchev–Trinajstić information content (AvgIpc) is 2.53. The van der Waals surface area contributed by atoms with Crippen molar-refractivity contribution < 1.29 is 16.0 Å². The van der Waals surface area contributed by atoms with Crippen LogP contribution in [-0.2, 0) is 0 Å². The zero-order valence-corrected chi connectivity index (χ0v) is 13.3. The van der Waals surface area contributed by atoms with Gasteiger partial charge in [-0.05, 0) is 79.9 Å². The van der Waals surface area contributed by atoms with Crippen LogP contribution in [0.4, 0.5) is 13.2 Å². The van der Waals surface area contributed by atoms with Gasteiger partial charge in [-0.1, -0.05) is 34.6 Å². The molecule has 0 nitrogen and oxygen atoms in total. The van der Waals surface area contributed by atoms with Gasteiger partial charge in [-0.3, -0.25) is 0 Å². The van der Waals surface area contributed by atoms with Crippen LogP contribution in [-0.4, -0.2) is 0 Å². The van der Waals surface area contributed by atoms with Crippen molar-refractivity contribution in [3.63, 3.8) is 0 Å². The summed E-state index contributed by atoms with van der Waals surface area (Å²) in [7, 11) is 0. The predicted octanol–water partition coefficient (Wildman–Crippen LogP) is 7.97. The summed E-state index contributed by atoms with van der Waals surface area (Å²) in [4.78, 5) is 0. The summed E-state index contributed by atoms with van der Waals surface area (Å²) in [5, 5.41) is 0. The van der Waals surface area contributed by atoms with Crippen LogP contribution in [0, 0.1) is 35.2 Å². The van der Waals surface area contributed by atoms with Crippen LogP contribution >= 0.6 is 0 Å². The fourth-order valence-electron chi connectivity index (χ4n) is 4.49. The van der Waals surface area contributed by atoms with Gasteiger partial charge in [-0.15, -0.1) is 0 Å². The molecule has 3 heteroatoms. The topological polar surface area (TPSA) is 0 Å². The van der Waals surface area contributed by atoms with Crippen LogP contribution < -0.4 is 0 Å². The lowest BCUT2D eigenvalue weighted by Crippen LogP contribution is -2.24. The highest BCUT2D eigenvalue weighted by molar-refractivity contribution is 5.23. The van der Waals surface area contributed by atoms with E-state index in [0.717, 1.165) is 43.4 Å². The quantitative estimate of drug-likeness (QED) is 0.476. The van der Waals surface area contributed by atoms with Crippen molar-refractivity contribution >= 4 is 0 Å². The van der Waals surface area contributed by atoms with E-state index in [-0.39, 0.29) is 23.6 Å². The third-order valence-electron chi connectivity index (χ3n) is 5.98. The van der Waals surface area contributed by atoms with Crippen LogP contribution in [0.1, 0.15) is 87.5 Å². The Balaban J connectivity index is 0. The molecule has 2 aliphatic carbocycles. The van der Waals surface area contributed by atoms with Crippen molar-refractivity contribution in [2.45, 2.75) is 79.1 Å². The lowest BCUT2D eigenvalue weighted by Gasteiger charge is -2.37. The minimum atomic E-state index is -1.35. The van der Waals surface area contributed by atoms with E-state index in [1.165, 1.54) is 37.8 Å². The molecule has 0 saturated heterocycles. The number of hydrogen-bond acceptors (Lipinski definition) is 0. The Labute approximate surface area is 148 Å². The molecule has 0 aliphatic heterocycles. The van der Waals surface area contributed by atoms with E-state index >= 15 is 0 Å². The fourth-order valence-corrected chi connectivity index (χ4v) is 4.49. The molecular formula is C21H37F3. The van der Waals surface area contributed by atoms with E-state index in [0.29, 0.717) is 5.56 Å². The molecule has 142 valence electrons. The van der Waals surface area contributed by atoms with Gasteiger partial charge in [-0.25, -0.2) is 13.2 Å². The maximum atomic E-state index is 13.4. The summed E-state index contributed by atoms with van der Waals surface area (Å²) in [5.74, 6) is -0.788. The van der Waals surface area contributed by atoms with Crippen LogP contribution in [0.15, 0.2) is 12.1 Å². The van der Waals surface area contributed by atoms with E-state index in [1.807, 2.05) is 0 Å². The molecule has 3 rings (SSSR count). The van der Waals surface area contributed by atoms with E-state index in [9.17, 15) is 13.2 Å². The highest BCUT2D eigenvalue weighted by Crippen LogP contribution is 2.44. The van der Waals surface area contributed by atoms with Crippen LogP contribution in [0.25, 0.3) is 0 Å². The minimum Gasteiger partial charge on any atom is -0.204 e. The first-order valence-electron chi connectivity index (χ1n) is 8.69. The third-order valence-corrected chi connectivity index (χ3v) is 5.98. The second-order valence-electron chi connectivity index (χ2n) is 7.43. The van der Waals surface area contributed by atoms with Gasteiger partial charge in [0.05, 0.1) is 0 Å². The zero-order chi connectivity index (χ0) is 15.7. The molecule has 0 bridgehead atoms. The second-order valence-corrected chi connectivity index (χ2v) is 7.43. The molecule has 2 saturated carbocycles. The Bertz CT molecular complexity index is 497. The normalized spacial score (nSPS) is 30.2. The van der Waals surface area contributed by atoms with E-state index in [2.05, 4.69) is 6.92 Å². The first kappa shape index (κ1) is 21.1. The van der Waals surface area contributed by atoms with Gasteiger partial charge < -0.3 is 0 Å². The molecule has 0 amide bonds. The molecule has 0 unspecified atom stereocenters. The molecule has 0 heterocycles. The van der Waals surface area contributed by atoms with Crippen molar-refractivity contribution in [2.75, 3.05) is 0 Å². The average molecular weight is 347 g/mol. The monoisotopic (exact) mass is 346 g/mol. The molecular weight excluding hydrogens is 309 g/mol. The summed E-state index contributed by atoms with van der Waals surface area (Å²) >= 11 is 0. The molecule has 1 aromatic rings. The second kappa shape index (κ2) is 8.92. The van der Waals surface area contributed by atoms with Gasteiger partial charge in [0.25, 0.3) is 0 Å². The summed E-state index contributed by atoms with van der Waals surface area (Å²) in [6.45, 7) is 2.34. The maximum Gasteiger partial charge on any atom is 0.194 e.